The lowest BCUT2D eigenvalue weighted by atomic mass is 10.3. The van der Waals surface area contributed by atoms with Gasteiger partial charge in [0.1, 0.15) is 0 Å². The van der Waals surface area contributed by atoms with Crippen molar-refractivity contribution < 1.29 is 13.6 Å². The Bertz CT molecular complexity index is 102. The van der Waals surface area contributed by atoms with Gasteiger partial charge in [0.15, 0.2) is 0 Å². The average Bonchev–Trinajstić information content (AvgIpc) is 2.82. The minimum absolute atomic E-state index is 0.554. The molecule has 0 aromatic rings. The molecule has 3 nitrogen and oxygen atoms in total. The standard InChI is InChI=1S/C7H16O3Si/c1-8-11(9-2)5-3-4-7-6-10-7/h7,11H,3-6H2,1-2H3. The van der Waals surface area contributed by atoms with Crippen LogP contribution in [0.15, 0.2) is 0 Å². The summed E-state index contributed by atoms with van der Waals surface area (Å²) in [5.41, 5.74) is 0. The van der Waals surface area contributed by atoms with Crippen LogP contribution in [0.1, 0.15) is 12.8 Å². The molecule has 1 aliphatic rings. The third-order valence-electron chi connectivity index (χ3n) is 1.89. The fraction of sp³-hybridized carbons (Fsp3) is 1.00. The van der Waals surface area contributed by atoms with Gasteiger partial charge in [0, 0.05) is 14.2 Å². The van der Waals surface area contributed by atoms with Crippen LogP contribution < -0.4 is 0 Å². The van der Waals surface area contributed by atoms with Crippen molar-refractivity contribution in [2.75, 3.05) is 20.8 Å². The molecule has 0 N–H and O–H groups in total. The summed E-state index contributed by atoms with van der Waals surface area (Å²) in [5, 5.41) is 0. The molecule has 1 aliphatic heterocycles. The Labute approximate surface area is 69.5 Å². The molecule has 1 atom stereocenters. The first-order chi connectivity index (χ1) is 5.36. The zero-order chi connectivity index (χ0) is 8.10. The molecule has 1 fully saturated rings. The molecule has 0 bridgehead atoms. The van der Waals surface area contributed by atoms with E-state index in [1.165, 1.54) is 12.8 Å². The molecule has 0 aromatic heterocycles. The first kappa shape index (κ1) is 9.19. The summed E-state index contributed by atoms with van der Waals surface area (Å²) in [5.74, 6) is 0. The van der Waals surface area contributed by atoms with E-state index in [4.69, 9.17) is 13.6 Å². The summed E-state index contributed by atoms with van der Waals surface area (Å²) in [6.45, 7) is 0.964. The Morgan fingerprint density at radius 2 is 2.09 bits per heavy atom. The molecule has 1 rings (SSSR count). The maximum absolute atomic E-state index is 5.18. The third kappa shape index (κ3) is 3.86. The second kappa shape index (κ2) is 4.87. The Balaban J connectivity index is 1.90. The molecular formula is C7H16O3Si. The van der Waals surface area contributed by atoms with Crippen molar-refractivity contribution in [2.45, 2.75) is 25.0 Å². The molecule has 0 saturated carbocycles. The van der Waals surface area contributed by atoms with Gasteiger partial charge >= 0.3 is 9.28 Å². The molecule has 66 valence electrons. The second-order valence-electron chi connectivity index (χ2n) is 2.79. The van der Waals surface area contributed by atoms with E-state index in [2.05, 4.69) is 0 Å². The first-order valence-corrected chi connectivity index (χ1v) is 5.80. The van der Waals surface area contributed by atoms with Gasteiger partial charge < -0.3 is 13.6 Å². The van der Waals surface area contributed by atoms with Crippen LogP contribution in [0.5, 0.6) is 0 Å². The van der Waals surface area contributed by atoms with E-state index in [0.717, 1.165) is 12.7 Å². The number of rotatable bonds is 6. The van der Waals surface area contributed by atoms with Crippen LogP contribution in [0.4, 0.5) is 0 Å². The van der Waals surface area contributed by atoms with Crippen LogP contribution in [0.3, 0.4) is 0 Å². The van der Waals surface area contributed by atoms with E-state index in [-0.39, 0.29) is 0 Å². The zero-order valence-corrected chi connectivity index (χ0v) is 8.36. The van der Waals surface area contributed by atoms with Gasteiger partial charge in [0.25, 0.3) is 0 Å². The summed E-state index contributed by atoms with van der Waals surface area (Å²) >= 11 is 0. The second-order valence-corrected chi connectivity index (χ2v) is 5.17. The van der Waals surface area contributed by atoms with Gasteiger partial charge in [-0.15, -0.1) is 0 Å². The quantitative estimate of drug-likeness (QED) is 0.440. The van der Waals surface area contributed by atoms with Crippen molar-refractivity contribution in [3.05, 3.63) is 0 Å². The van der Waals surface area contributed by atoms with Gasteiger partial charge in [-0.05, 0) is 18.9 Å². The third-order valence-corrected chi connectivity index (χ3v) is 3.83. The number of ether oxygens (including phenoxy) is 1. The molecule has 0 amide bonds. The molecule has 1 unspecified atom stereocenters. The van der Waals surface area contributed by atoms with Crippen molar-refractivity contribution in [3.63, 3.8) is 0 Å². The normalized spacial score (nSPS) is 22.6. The lowest BCUT2D eigenvalue weighted by Gasteiger charge is -2.09. The van der Waals surface area contributed by atoms with Crippen molar-refractivity contribution in [1.82, 2.24) is 0 Å². The summed E-state index contributed by atoms with van der Waals surface area (Å²) in [6, 6.07) is 1.10. The Morgan fingerprint density at radius 1 is 1.45 bits per heavy atom. The van der Waals surface area contributed by atoms with Gasteiger partial charge in [-0.2, -0.15) is 0 Å². The lowest BCUT2D eigenvalue weighted by molar-refractivity contribution is 0.275. The number of epoxide rings is 1. The fourth-order valence-electron chi connectivity index (χ4n) is 1.08. The van der Waals surface area contributed by atoms with Crippen molar-refractivity contribution in [3.8, 4) is 0 Å². The van der Waals surface area contributed by atoms with Crippen molar-refractivity contribution in [1.29, 1.82) is 0 Å². The Kier molecular flexibility index (Phi) is 4.07. The van der Waals surface area contributed by atoms with E-state index in [9.17, 15) is 0 Å². The van der Waals surface area contributed by atoms with Gasteiger partial charge in [0.05, 0.1) is 12.7 Å². The lowest BCUT2D eigenvalue weighted by Crippen LogP contribution is -2.18. The van der Waals surface area contributed by atoms with E-state index in [1.54, 1.807) is 14.2 Å². The SMILES string of the molecule is CO[SiH](CCCC1CO1)OC. The van der Waals surface area contributed by atoms with E-state index >= 15 is 0 Å². The highest BCUT2D eigenvalue weighted by molar-refractivity contribution is 6.44. The highest BCUT2D eigenvalue weighted by Crippen LogP contribution is 2.17. The predicted octanol–water partition coefficient (Wildman–Crippen LogP) is 0.679. The largest absolute Gasteiger partial charge is 0.400 e. The molecule has 0 aliphatic carbocycles. The summed E-state index contributed by atoms with van der Waals surface area (Å²) < 4.78 is 15.4. The van der Waals surface area contributed by atoms with Crippen LogP contribution in [-0.4, -0.2) is 36.2 Å². The molecule has 4 heteroatoms. The first-order valence-electron chi connectivity index (χ1n) is 4.04. The molecule has 1 heterocycles. The van der Waals surface area contributed by atoms with Crippen molar-refractivity contribution in [2.24, 2.45) is 0 Å². The van der Waals surface area contributed by atoms with Crippen molar-refractivity contribution >= 4 is 9.28 Å². The number of hydrogen-bond acceptors (Lipinski definition) is 3. The monoisotopic (exact) mass is 176 g/mol. The maximum atomic E-state index is 5.18. The van der Waals surface area contributed by atoms with Crippen LogP contribution in [0.25, 0.3) is 0 Å². The average molecular weight is 176 g/mol. The summed E-state index contributed by atoms with van der Waals surface area (Å²) in [6.07, 6.45) is 2.91. The fourth-order valence-corrected chi connectivity index (χ4v) is 2.31. The summed E-state index contributed by atoms with van der Waals surface area (Å²) in [7, 11) is 2.18. The van der Waals surface area contributed by atoms with Gasteiger partial charge in [-0.3, -0.25) is 0 Å². The van der Waals surface area contributed by atoms with E-state index < -0.39 is 9.28 Å². The number of hydrogen-bond donors (Lipinski definition) is 0. The molecule has 11 heavy (non-hydrogen) atoms. The minimum Gasteiger partial charge on any atom is -0.400 e. The van der Waals surface area contributed by atoms with E-state index in [0.29, 0.717) is 6.10 Å². The molecule has 0 radical (unpaired) electrons. The maximum Gasteiger partial charge on any atom is 0.320 e. The van der Waals surface area contributed by atoms with Gasteiger partial charge in [-0.25, -0.2) is 0 Å². The van der Waals surface area contributed by atoms with Crippen LogP contribution >= 0.6 is 0 Å². The van der Waals surface area contributed by atoms with Gasteiger partial charge in [-0.1, -0.05) is 0 Å². The molecule has 1 saturated heterocycles. The Hall–Kier alpha value is 0.0969. The molecule has 0 aromatic carbocycles. The minimum atomic E-state index is -1.28. The Morgan fingerprint density at radius 3 is 2.55 bits per heavy atom. The zero-order valence-electron chi connectivity index (χ0n) is 7.21. The van der Waals surface area contributed by atoms with Crippen LogP contribution in [-0.2, 0) is 13.6 Å². The smallest absolute Gasteiger partial charge is 0.320 e. The molecule has 0 spiro atoms. The molecular weight excluding hydrogens is 160 g/mol. The van der Waals surface area contributed by atoms with Crippen LogP contribution in [0.2, 0.25) is 6.04 Å². The highest BCUT2D eigenvalue weighted by Gasteiger charge is 2.22. The predicted molar refractivity (Wildman–Crippen MR) is 44.9 cm³/mol. The summed E-state index contributed by atoms with van der Waals surface area (Å²) in [4.78, 5) is 0. The van der Waals surface area contributed by atoms with E-state index in [1.807, 2.05) is 0 Å². The van der Waals surface area contributed by atoms with Crippen LogP contribution in [0, 0.1) is 0 Å². The highest BCUT2D eigenvalue weighted by atomic mass is 28.3. The topological polar surface area (TPSA) is 31.0 Å². The van der Waals surface area contributed by atoms with Gasteiger partial charge in [0.2, 0.25) is 0 Å².